The van der Waals surface area contributed by atoms with Gasteiger partial charge in [-0.2, -0.15) is 22.0 Å². The highest BCUT2D eigenvalue weighted by molar-refractivity contribution is 6.33. The van der Waals surface area contributed by atoms with E-state index in [9.17, 15) is 39.5 Å². The molecule has 4 aromatic carbocycles. The maximum Gasteiger partial charge on any atom is 0.432 e. The highest BCUT2D eigenvalue weighted by atomic mass is 35.5. The number of rotatable bonds is 7. The van der Waals surface area contributed by atoms with Crippen molar-refractivity contribution in [2.24, 2.45) is 0 Å². The molecule has 0 radical (unpaired) electrons. The summed E-state index contributed by atoms with van der Waals surface area (Å²) in [4.78, 5) is 0. The summed E-state index contributed by atoms with van der Waals surface area (Å²) in [6, 6.07) is 9.79. The van der Waals surface area contributed by atoms with Crippen molar-refractivity contribution in [2.75, 3.05) is 0 Å². The highest BCUT2D eigenvalue weighted by Gasteiger charge is 2.43. The Kier molecular flexibility index (Phi) is 8.31. The molecule has 4 aromatic rings. The van der Waals surface area contributed by atoms with Crippen LogP contribution in [0.3, 0.4) is 0 Å². The number of alkyl halides is 5. The normalized spacial score (nSPS) is 12.1. The van der Waals surface area contributed by atoms with Crippen molar-refractivity contribution in [3.05, 3.63) is 111 Å². The van der Waals surface area contributed by atoms with Crippen LogP contribution in [0.2, 0.25) is 5.02 Å². The van der Waals surface area contributed by atoms with E-state index in [1.165, 1.54) is 6.07 Å². The third kappa shape index (κ3) is 6.29. The predicted octanol–water partition coefficient (Wildman–Crippen LogP) is 10.5. The van der Waals surface area contributed by atoms with E-state index >= 15 is 4.39 Å². The standard InChI is InChI=1S/C29H17ClF10O/c1-2-3-14-4-6-15(7-5-14)16-8-19(30)25(20(31)9-16)17-10-21(32)27(22(33)11-17)29(39,40)41-18-12-23(34)26(24(35)13-18)28(36,37)38/h4-13H,2-3H2,1H3. The van der Waals surface area contributed by atoms with Crippen LogP contribution < -0.4 is 4.74 Å². The van der Waals surface area contributed by atoms with E-state index in [1.807, 2.05) is 19.1 Å². The minimum absolute atomic E-state index is 0.210. The Morgan fingerprint density at radius 1 is 0.634 bits per heavy atom. The van der Waals surface area contributed by atoms with Crippen molar-refractivity contribution in [1.29, 1.82) is 0 Å². The molecule has 0 aromatic heterocycles. The molecule has 0 heterocycles. The molecule has 0 spiro atoms. The number of ether oxygens (including phenoxy) is 1. The topological polar surface area (TPSA) is 9.23 Å². The number of halogens is 11. The molecule has 0 aliphatic rings. The molecule has 1 nitrogen and oxygen atoms in total. The summed E-state index contributed by atoms with van der Waals surface area (Å²) >= 11 is 6.21. The summed E-state index contributed by atoms with van der Waals surface area (Å²) in [5.41, 5.74) is -3.47. The van der Waals surface area contributed by atoms with E-state index in [0.717, 1.165) is 24.5 Å². The molecule has 0 bridgehead atoms. The summed E-state index contributed by atoms with van der Waals surface area (Å²) in [6.45, 7) is 2.01. The summed E-state index contributed by atoms with van der Waals surface area (Å²) in [7, 11) is 0. The van der Waals surface area contributed by atoms with E-state index in [2.05, 4.69) is 4.74 Å². The molecule has 41 heavy (non-hydrogen) atoms. The molecule has 0 saturated heterocycles. The molecule has 0 unspecified atom stereocenters. The van der Waals surface area contributed by atoms with Gasteiger partial charge in [0.2, 0.25) is 0 Å². The average molecular weight is 607 g/mol. The molecule has 4 rings (SSSR count). The molecule has 0 N–H and O–H groups in total. The maximum absolute atomic E-state index is 15.1. The van der Waals surface area contributed by atoms with Gasteiger partial charge in [0, 0.05) is 17.7 Å². The first-order valence-corrected chi connectivity index (χ1v) is 12.2. The van der Waals surface area contributed by atoms with E-state index in [0.29, 0.717) is 23.3 Å². The van der Waals surface area contributed by atoms with Gasteiger partial charge in [-0.15, -0.1) is 0 Å². The average Bonchev–Trinajstić information content (AvgIpc) is 2.82. The van der Waals surface area contributed by atoms with Crippen LogP contribution in [-0.2, 0) is 18.7 Å². The Morgan fingerprint density at radius 2 is 1.15 bits per heavy atom. The lowest BCUT2D eigenvalue weighted by molar-refractivity contribution is -0.189. The number of hydrogen-bond acceptors (Lipinski definition) is 1. The zero-order valence-electron chi connectivity index (χ0n) is 20.8. The van der Waals surface area contributed by atoms with Gasteiger partial charge in [0.25, 0.3) is 0 Å². The highest BCUT2D eigenvalue weighted by Crippen LogP contribution is 2.42. The molecular weight excluding hydrogens is 590 g/mol. The molecule has 216 valence electrons. The smallest absolute Gasteiger partial charge is 0.429 e. The first-order valence-electron chi connectivity index (χ1n) is 11.8. The minimum atomic E-state index is -5.49. The van der Waals surface area contributed by atoms with Crippen molar-refractivity contribution in [1.82, 2.24) is 0 Å². The first kappa shape index (κ1) is 30.2. The molecular formula is C29H17ClF10O. The van der Waals surface area contributed by atoms with Gasteiger partial charge in [-0.05, 0) is 52.9 Å². The Hall–Kier alpha value is -3.73. The molecule has 0 amide bonds. The van der Waals surface area contributed by atoms with E-state index in [1.54, 1.807) is 12.1 Å². The maximum atomic E-state index is 15.1. The Balaban J connectivity index is 1.67. The zero-order valence-corrected chi connectivity index (χ0v) is 21.5. The van der Waals surface area contributed by atoms with Gasteiger partial charge < -0.3 is 4.74 Å². The third-order valence-electron chi connectivity index (χ3n) is 6.04. The van der Waals surface area contributed by atoms with Crippen molar-refractivity contribution in [3.63, 3.8) is 0 Å². The fourth-order valence-corrected chi connectivity index (χ4v) is 4.56. The lowest BCUT2D eigenvalue weighted by Gasteiger charge is -2.21. The number of aryl methyl sites for hydroxylation is 1. The van der Waals surface area contributed by atoms with Gasteiger partial charge in [0.05, 0.1) is 5.02 Å². The second-order valence-corrected chi connectivity index (χ2v) is 9.36. The van der Waals surface area contributed by atoms with E-state index in [4.69, 9.17) is 11.6 Å². The van der Waals surface area contributed by atoms with E-state index in [-0.39, 0.29) is 17.2 Å². The number of hydrogen-bond donors (Lipinski definition) is 0. The fourth-order valence-electron chi connectivity index (χ4n) is 4.24. The van der Waals surface area contributed by atoms with Crippen molar-refractivity contribution >= 4 is 11.6 Å². The van der Waals surface area contributed by atoms with Gasteiger partial charge in [-0.1, -0.05) is 49.2 Å². The molecule has 0 fully saturated rings. The van der Waals surface area contributed by atoms with Gasteiger partial charge in [-0.3, -0.25) is 0 Å². The molecule has 0 saturated carbocycles. The molecule has 0 aliphatic carbocycles. The Bertz CT molecular complexity index is 1530. The molecule has 0 atom stereocenters. The summed E-state index contributed by atoms with van der Waals surface area (Å²) in [6.07, 6.45) is -8.69. The van der Waals surface area contributed by atoms with Crippen molar-refractivity contribution in [3.8, 4) is 28.0 Å². The zero-order chi connectivity index (χ0) is 30.3. The van der Waals surface area contributed by atoms with Crippen LogP contribution in [0.4, 0.5) is 43.9 Å². The molecule has 0 aliphatic heterocycles. The molecule has 12 heteroatoms. The van der Waals surface area contributed by atoms with Gasteiger partial charge in [0.15, 0.2) is 0 Å². The SMILES string of the molecule is CCCc1ccc(-c2cc(F)c(-c3cc(F)c(C(F)(F)Oc4cc(F)c(C(F)(F)F)c(F)c4)c(F)c3)c(Cl)c2)cc1. The van der Waals surface area contributed by atoms with Crippen molar-refractivity contribution in [2.45, 2.75) is 32.1 Å². The van der Waals surface area contributed by atoms with Crippen LogP contribution in [0, 0.1) is 29.1 Å². The largest absolute Gasteiger partial charge is 0.432 e. The Labute approximate surface area is 231 Å². The lowest BCUT2D eigenvalue weighted by atomic mass is 9.97. The van der Waals surface area contributed by atoms with Gasteiger partial charge in [0.1, 0.15) is 46.0 Å². The van der Waals surface area contributed by atoms with Crippen LogP contribution in [0.25, 0.3) is 22.3 Å². The van der Waals surface area contributed by atoms with Crippen LogP contribution in [0.15, 0.2) is 60.7 Å². The van der Waals surface area contributed by atoms with Crippen molar-refractivity contribution < 1.29 is 48.6 Å². The fraction of sp³-hybridized carbons (Fsp3) is 0.172. The van der Waals surface area contributed by atoms with Crippen LogP contribution in [-0.4, -0.2) is 0 Å². The minimum Gasteiger partial charge on any atom is -0.429 e. The van der Waals surface area contributed by atoms with Crippen LogP contribution in [0.5, 0.6) is 5.75 Å². The second-order valence-electron chi connectivity index (χ2n) is 8.96. The van der Waals surface area contributed by atoms with Gasteiger partial charge in [-0.25, -0.2) is 22.0 Å². The first-order chi connectivity index (χ1) is 19.1. The lowest BCUT2D eigenvalue weighted by Crippen LogP contribution is -2.25. The van der Waals surface area contributed by atoms with E-state index < -0.39 is 69.4 Å². The quantitative estimate of drug-likeness (QED) is 0.190. The monoisotopic (exact) mass is 606 g/mol. The summed E-state index contributed by atoms with van der Waals surface area (Å²) in [5, 5.41) is -0.289. The predicted molar refractivity (Wildman–Crippen MR) is 132 cm³/mol. The second kappa shape index (κ2) is 11.3. The number of benzene rings is 4. The summed E-state index contributed by atoms with van der Waals surface area (Å²) in [5.74, 6) is -11.0. The van der Waals surface area contributed by atoms with Crippen LogP contribution in [0.1, 0.15) is 30.0 Å². The third-order valence-corrected chi connectivity index (χ3v) is 6.33. The van der Waals surface area contributed by atoms with Gasteiger partial charge >= 0.3 is 12.3 Å². The summed E-state index contributed by atoms with van der Waals surface area (Å²) < 4.78 is 144. The van der Waals surface area contributed by atoms with Crippen LogP contribution >= 0.6 is 11.6 Å². The Morgan fingerprint density at radius 3 is 1.63 bits per heavy atom.